The lowest BCUT2D eigenvalue weighted by atomic mass is 10.1. The van der Waals surface area contributed by atoms with Crippen LogP contribution in [0.3, 0.4) is 0 Å². The molecular formula is C23H16BF5N2O. The molecule has 2 heterocycles. The molecule has 0 saturated heterocycles. The smallest absolute Gasteiger partial charge is 0.497 e. The summed E-state index contributed by atoms with van der Waals surface area (Å²) >= 11 is 0. The summed E-state index contributed by atoms with van der Waals surface area (Å²) in [6.45, 7) is 0. The lowest BCUT2D eigenvalue weighted by molar-refractivity contribution is -0.0696. The van der Waals surface area contributed by atoms with Crippen LogP contribution < -0.4 is 4.74 Å². The fraction of sp³-hybridized carbons (Fsp3) is 0.0870. The van der Waals surface area contributed by atoms with Gasteiger partial charge in [0.1, 0.15) is 11.3 Å². The van der Waals surface area contributed by atoms with Crippen molar-refractivity contribution >= 4 is 18.7 Å². The monoisotopic (exact) mass is 442 g/mol. The van der Waals surface area contributed by atoms with Gasteiger partial charge in [-0.05, 0) is 54.1 Å². The summed E-state index contributed by atoms with van der Waals surface area (Å²) in [7, 11) is -1.74. The number of aliphatic imine (C=N–C) groups is 1. The van der Waals surface area contributed by atoms with Gasteiger partial charge in [0.15, 0.2) is 0 Å². The first-order valence-electron chi connectivity index (χ1n) is 9.57. The summed E-state index contributed by atoms with van der Waals surface area (Å²) in [4.78, 5) is 4.10. The molecule has 3 nitrogen and oxygen atoms in total. The Hall–Kier alpha value is -3.62. The van der Waals surface area contributed by atoms with Gasteiger partial charge in [-0.1, -0.05) is 30.3 Å². The van der Waals surface area contributed by atoms with Crippen LogP contribution in [0.2, 0.25) is 0 Å². The van der Waals surface area contributed by atoms with E-state index in [1.54, 1.807) is 42.5 Å². The second-order valence-electron chi connectivity index (χ2n) is 6.93. The summed E-state index contributed by atoms with van der Waals surface area (Å²) in [6.07, 6.45) is -2.27. The molecule has 162 valence electrons. The molecule has 32 heavy (non-hydrogen) atoms. The number of ether oxygens (including phenoxy) is 1. The number of halogens is 5. The van der Waals surface area contributed by atoms with Crippen molar-refractivity contribution < 1.29 is 26.5 Å². The first-order valence-corrected chi connectivity index (χ1v) is 9.57. The molecule has 4 rings (SSSR count). The molecule has 0 fully saturated rings. The van der Waals surface area contributed by atoms with Crippen molar-refractivity contribution in [3.8, 4) is 17.0 Å². The maximum Gasteiger partial charge on any atom is 0.678 e. The molecule has 0 bridgehead atoms. The minimum absolute atomic E-state index is 0.0470. The summed E-state index contributed by atoms with van der Waals surface area (Å²) in [5, 5.41) is 0. The van der Waals surface area contributed by atoms with Gasteiger partial charge in [0.05, 0.1) is 18.5 Å². The minimum Gasteiger partial charge on any atom is -0.497 e. The van der Waals surface area contributed by atoms with E-state index in [0.717, 1.165) is 6.07 Å². The largest absolute Gasteiger partial charge is 0.678 e. The van der Waals surface area contributed by atoms with Crippen LogP contribution in [0, 0.1) is 0 Å². The molecule has 3 aromatic rings. The summed E-state index contributed by atoms with van der Waals surface area (Å²) in [5.41, 5.74) is -1.06. The third kappa shape index (κ3) is 4.10. The van der Waals surface area contributed by atoms with Crippen LogP contribution in [-0.4, -0.2) is 30.9 Å². The maximum absolute atomic E-state index is 14.1. The molecule has 0 spiro atoms. The van der Waals surface area contributed by atoms with Gasteiger partial charge in [-0.2, -0.15) is 13.2 Å². The number of allylic oxidation sites excluding steroid dienone is 3. The van der Waals surface area contributed by atoms with Gasteiger partial charge in [-0.25, -0.2) is 4.99 Å². The minimum atomic E-state index is -4.91. The van der Waals surface area contributed by atoms with Gasteiger partial charge in [0, 0.05) is 17.0 Å². The van der Waals surface area contributed by atoms with Gasteiger partial charge in [0.25, 0.3) is 0 Å². The highest BCUT2D eigenvalue weighted by Crippen LogP contribution is 2.41. The first-order chi connectivity index (χ1) is 15.3. The number of aromatic nitrogens is 1. The van der Waals surface area contributed by atoms with Crippen LogP contribution in [0.4, 0.5) is 21.8 Å². The molecule has 0 N–H and O–H groups in total. The van der Waals surface area contributed by atoms with Crippen LogP contribution >= 0.6 is 0 Å². The molecule has 0 atom stereocenters. The zero-order valence-corrected chi connectivity index (χ0v) is 16.8. The Balaban J connectivity index is 1.87. The average molecular weight is 442 g/mol. The Bertz CT molecular complexity index is 1210. The molecule has 9 heteroatoms. The van der Waals surface area contributed by atoms with E-state index in [0.29, 0.717) is 27.1 Å². The third-order valence-electron chi connectivity index (χ3n) is 5.00. The van der Waals surface area contributed by atoms with Crippen LogP contribution in [0.15, 0.2) is 89.6 Å². The van der Waals surface area contributed by atoms with Crippen molar-refractivity contribution in [3.05, 3.63) is 95.8 Å². The highest BCUT2D eigenvalue weighted by Gasteiger charge is 2.41. The predicted molar refractivity (Wildman–Crippen MR) is 115 cm³/mol. The topological polar surface area (TPSA) is 26.5 Å². The van der Waals surface area contributed by atoms with E-state index in [4.69, 9.17) is 4.74 Å². The fourth-order valence-electron chi connectivity index (χ4n) is 3.55. The highest BCUT2D eigenvalue weighted by atomic mass is 19.4. The predicted octanol–water partition coefficient (Wildman–Crippen LogP) is 6.27. The Morgan fingerprint density at radius 1 is 0.875 bits per heavy atom. The van der Waals surface area contributed by atoms with Gasteiger partial charge in [-0.15, -0.1) is 0 Å². The van der Waals surface area contributed by atoms with Gasteiger partial charge in [-0.3, -0.25) is 8.63 Å². The SMILES string of the molecule is COc1ccc(-c2ccc(/C(=C3/C=CC(c4ccccc4)=N3)C(F)(F)F)n2B(F)F)cc1. The Kier molecular flexibility index (Phi) is 5.73. The third-order valence-corrected chi connectivity index (χ3v) is 5.00. The Labute approximate surface area is 181 Å². The molecule has 1 aliphatic heterocycles. The summed E-state index contributed by atoms with van der Waals surface area (Å²) in [6, 6.07) is 17.1. The Morgan fingerprint density at radius 3 is 2.16 bits per heavy atom. The molecule has 0 saturated carbocycles. The van der Waals surface area contributed by atoms with E-state index >= 15 is 0 Å². The van der Waals surface area contributed by atoms with Crippen LogP contribution in [0.1, 0.15) is 11.3 Å². The second-order valence-corrected chi connectivity index (χ2v) is 6.93. The number of methoxy groups -OCH3 is 1. The number of alkyl halides is 3. The lowest BCUT2D eigenvalue weighted by Gasteiger charge is -2.17. The number of nitrogens with zero attached hydrogens (tertiary/aromatic N) is 2. The van der Waals surface area contributed by atoms with Crippen molar-refractivity contribution in [1.82, 2.24) is 4.48 Å². The van der Waals surface area contributed by atoms with Crippen molar-refractivity contribution in [2.24, 2.45) is 4.99 Å². The zero-order valence-electron chi connectivity index (χ0n) is 16.8. The Morgan fingerprint density at radius 2 is 1.56 bits per heavy atom. The van der Waals surface area contributed by atoms with E-state index in [1.165, 1.54) is 37.5 Å². The van der Waals surface area contributed by atoms with E-state index in [-0.39, 0.29) is 5.69 Å². The molecule has 0 amide bonds. The first kappa shape index (κ1) is 21.6. The van der Waals surface area contributed by atoms with Gasteiger partial charge < -0.3 is 9.21 Å². The van der Waals surface area contributed by atoms with Gasteiger partial charge >= 0.3 is 13.6 Å². The molecule has 1 aromatic heterocycles. The second kappa shape index (κ2) is 8.49. The van der Waals surface area contributed by atoms with E-state index in [2.05, 4.69) is 4.99 Å². The van der Waals surface area contributed by atoms with E-state index in [1.807, 2.05) is 0 Å². The average Bonchev–Trinajstić information content (AvgIpc) is 3.42. The molecule has 0 unspecified atom stereocenters. The quantitative estimate of drug-likeness (QED) is 0.338. The van der Waals surface area contributed by atoms with Crippen molar-refractivity contribution in [2.45, 2.75) is 6.18 Å². The molecule has 1 aliphatic rings. The fourth-order valence-corrected chi connectivity index (χ4v) is 3.55. The van der Waals surface area contributed by atoms with E-state index < -0.39 is 30.5 Å². The molecule has 0 radical (unpaired) electrons. The number of hydrogen-bond acceptors (Lipinski definition) is 2. The standard InChI is InChI=1S/C23H16BF5N2O/c1-32-17-9-7-16(8-10-17)20-13-14-21(31(20)24(28)29)22(23(25,26)27)19-12-11-18(30-19)15-5-3-2-4-6-15/h2-14H,1H3/b22-19+. The highest BCUT2D eigenvalue weighted by molar-refractivity contribution is 6.42. The number of rotatable bonds is 5. The summed E-state index contributed by atoms with van der Waals surface area (Å²) < 4.78 is 75.8. The summed E-state index contributed by atoms with van der Waals surface area (Å²) in [5.74, 6) is 0.501. The molecule has 0 aliphatic carbocycles. The van der Waals surface area contributed by atoms with Crippen LogP contribution in [0.5, 0.6) is 5.75 Å². The van der Waals surface area contributed by atoms with Gasteiger partial charge in [0.2, 0.25) is 0 Å². The molecular weight excluding hydrogens is 426 g/mol. The number of hydrogen-bond donors (Lipinski definition) is 0. The van der Waals surface area contributed by atoms with E-state index in [9.17, 15) is 21.8 Å². The van der Waals surface area contributed by atoms with Crippen LogP contribution in [0.25, 0.3) is 16.8 Å². The number of benzene rings is 2. The maximum atomic E-state index is 14.1. The van der Waals surface area contributed by atoms with Crippen molar-refractivity contribution in [2.75, 3.05) is 7.11 Å². The normalized spacial score (nSPS) is 15.0. The lowest BCUT2D eigenvalue weighted by Crippen LogP contribution is -2.22. The van der Waals surface area contributed by atoms with Crippen molar-refractivity contribution in [3.63, 3.8) is 0 Å². The zero-order chi connectivity index (χ0) is 22.9. The van der Waals surface area contributed by atoms with Crippen molar-refractivity contribution in [1.29, 1.82) is 0 Å². The molecule has 2 aromatic carbocycles. The van der Waals surface area contributed by atoms with Crippen LogP contribution in [-0.2, 0) is 0 Å².